The van der Waals surface area contributed by atoms with Crippen molar-refractivity contribution in [3.63, 3.8) is 0 Å². The smallest absolute Gasteiger partial charge is 0.244 e. The number of rotatable bonds is 5. The number of thioether (sulfide) groups is 1. The third-order valence-corrected chi connectivity index (χ3v) is 5.58. The maximum atomic E-state index is 13.1. The van der Waals surface area contributed by atoms with Crippen LogP contribution in [0.2, 0.25) is 0 Å². The second kappa shape index (κ2) is 6.55. The molecule has 0 saturated heterocycles. The second-order valence-electron chi connectivity index (χ2n) is 4.54. The molecule has 0 N–H and O–H groups in total. The Morgan fingerprint density at radius 3 is 2.57 bits per heavy atom. The van der Waals surface area contributed by atoms with Crippen molar-refractivity contribution in [1.82, 2.24) is 9.29 Å². The van der Waals surface area contributed by atoms with E-state index >= 15 is 0 Å². The molecule has 4 nitrogen and oxygen atoms in total. The van der Waals surface area contributed by atoms with Gasteiger partial charge in [0, 0.05) is 26.0 Å². The van der Waals surface area contributed by atoms with Gasteiger partial charge in [0.2, 0.25) is 10.0 Å². The highest BCUT2D eigenvalue weighted by Gasteiger charge is 2.17. The molecule has 7 heteroatoms. The molecule has 0 atom stereocenters. The van der Waals surface area contributed by atoms with Gasteiger partial charge in [0.25, 0.3) is 0 Å². The van der Waals surface area contributed by atoms with Crippen molar-refractivity contribution in [1.29, 1.82) is 0 Å². The molecule has 0 aliphatic carbocycles. The summed E-state index contributed by atoms with van der Waals surface area (Å²) in [5.74, 6) is 0.304. The van der Waals surface area contributed by atoms with Gasteiger partial charge < -0.3 is 0 Å². The molecule has 0 saturated carbocycles. The summed E-state index contributed by atoms with van der Waals surface area (Å²) in [4.78, 5) is 4.28. The van der Waals surface area contributed by atoms with Crippen LogP contribution in [-0.4, -0.2) is 31.8 Å². The Kier molecular flexibility index (Phi) is 4.97. The van der Waals surface area contributed by atoms with Crippen molar-refractivity contribution in [2.45, 2.75) is 15.7 Å². The molecule has 0 spiro atoms. The fourth-order valence-corrected chi connectivity index (χ4v) is 3.23. The summed E-state index contributed by atoms with van der Waals surface area (Å²) in [6, 6.07) is 9.54. The van der Waals surface area contributed by atoms with Crippen LogP contribution in [-0.2, 0) is 15.8 Å². The van der Waals surface area contributed by atoms with Gasteiger partial charge >= 0.3 is 0 Å². The first-order valence-electron chi connectivity index (χ1n) is 6.15. The first kappa shape index (κ1) is 15.9. The topological polar surface area (TPSA) is 50.3 Å². The normalized spacial score (nSPS) is 11.8. The minimum Gasteiger partial charge on any atom is -0.249 e. The van der Waals surface area contributed by atoms with Gasteiger partial charge in [-0.2, -0.15) is 0 Å². The van der Waals surface area contributed by atoms with Gasteiger partial charge in [-0.15, -0.1) is 11.8 Å². The predicted octanol–water partition coefficient (Wildman–Crippen LogP) is 2.76. The zero-order chi connectivity index (χ0) is 15.5. The standard InChI is InChI=1S/C14H15FN2O2S2/c1-17(2)21(18,19)13-6-7-14(16-9-13)20-10-11-4-3-5-12(15)8-11/h3-9H,10H2,1-2H3. The van der Waals surface area contributed by atoms with Crippen LogP contribution in [0.1, 0.15) is 5.56 Å². The summed E-state index contributed by atoms with van der Waals surface area (Å²) >= 11 is 1.42. The van der Waals surface area contributed by atoms with Crippen LogP contribution in [0.15, 0.2) is 52.5 Å². The van der Waals surface area contributed by atoms with E-state index in [-0.39, 0.29) is 10.7 Å². The first-order valence-corrected chi connectivity index (χ1v) is 8.58. The van der Waals surface area contributed by atoms with E-state index in [9.17, 15) is 12.8 Å². The van der Waals surface area contributed by atoms with Crippen LogP contribution in [0.5, 0.6) is 0 Å². The molecule has 1 aromatic carbocycles. The van der Waals surface area contributed by atoms with Crippen molar-refractivity contribution >= 4 is 21.8 Å². The van der Waals surface area contributed by atoms with Crippen molar-refractivity contribution in [2.75, 3.05) is 14.1 Å². The van der Waals surface area contributed by atoms with Gasteiger partial charge in [0.15, 0.2) is 0 Å². The monoisotopic (exact) mass is 326 g/mol. The van der Waals surface area contributed by atoms with Crippen LogP contribution in [0.4, 0.5) is 4.39 Å². The second-order valence-corrected chi connectivity index (χ2v) is 7.69. The number of aromatic nitrogens is 1. The summed E-state index contributed by atoms with van der Waals surface area (Å²) < 4.78 is 38.0. The molecule has 0 aliphatic rings. The molecule has 2 aromatic rings. The maximum Gasteiger partial charge on any atom is 0.244 e. The third kappa shape index (κ3) is 4.03. The fraction of sp³-hybridized carbons (Fsp3) is 0.214. The number of nitrogens with zero attached hydrogens (tertiary/aromatic N) is 2. The third-order valence-electron chi connectivity index (χ3n) is 2.76. The largest absolute Gasteiger partial charge is 0.249 e. The Hall–Kier alpha value is -1.44. The van der Waals surface area contributed by atoms with Gasteiger partial charge in [-0.25, -0.2) is 22.1 Å². The lowest BCUT2D eigenvalue weighted by molar-refractivity contribution is 0.520. The lowest BCUT2D eigenvalue weighted by Crippen LogP contribution is -2.22. The zero-order valence-corrected chi connectivity index (χ0v) is 13.3. The first-order chi connectivity index (χ1) is 9.89. The summed E-state index contributed by atoms with van der Waals surface area (Å²) in [7, 11) is -0.506. The van der Waals surface area contributed by atoms with E-state index < -0.39 is 10.0 Å². The lowest BCUT2D eigenvalue weighted by atomic mass is 10.2. The van der Waals surface area contributed by atoms with Gasteiger partial charge in [0.1, 0.15) is 10.7 Å². The molecular weight excluding hydrogens is 311 g/mol. The minimum absolute atomic E-state index is 0.155. The van der Waals surface area contributed by atoms with E-state index in [1.165, 1.54) is 50.3 Å². The number of hydrogen-bond donors (Lipinski definition) is 0. The zero-order valence-electron chi connectivity index (χ0n) is 11.7. The number of hydrogen-bond acceptors (Lipinski definition) is 4. The Bertz CT molecular complexity index is 716. The average molecular weight is 326 g/mol. The van der Waals surface area contributed by atoms with Crippen LogP contribution in [0, 0.1) is 5.82 Å². The average Bonchev–Trinajstić information content (AvgIpc) is 2.45. The highest BCUT2D eigenvalue weighted by molar-refractivity contribution is 7.98. The van der Waals surface area contributed by atoms with Crippen LogP contribution in [0.25, 0.3) is 0 Å². The number of pyridine rings is 1. The Balaban J connectivity index is 2.07. The van der Waals surface area contributed by atoms with Crippen LogP contribution in [0.3, 0.4) is 0 Å². The molecule has 0 fully saturated rings. The summed E-state index contributed by atoms with van der Waals surface area (Å²) in [5.41, 5.74) is 0.854. The molecule has 0 unspecified atom stereocenters. The van der Waals surface area contributed by atoms with Crippen molar-refractivity contribution in [3.05, 3.63) is 54.0 Å². The van der Waals surface area contributed by atoms with E-state index in [2.05, 4.69) is 4.98 Å². The van der Waals surface area contributed by atoms with Gasteiger partial charge in [-0.3, -0.25) is 0 Å². The van der Waals surface area contributed by atoms with Crippen molar-refractivity contribution < 1.29 is 12.8 Å². The molecule has 1 heterocycles. The van der Waals surface area contributed by atoms with Crippen LogP contribution < -0.4 is 0 Å². The molecule has 0 radical (unpaired) electrons. The van der Waals surface area contributed by atoms with E-state index in [0.29, 0.717) is 10.8 Å². The van der Waals surface area contributed by atoms with Crippen molar-refractivity contribution in [2.24, 2.45) is 0 Å². The van der Waals surface area contributed by atoms with E-state index in [1.807, 2.05) is 6.07 Å². The molecule has 0 amide bonds. The highest BCUT2D eigenvalue weighted by atomic mass is 32.2. The summed E-state index contributed by atoms with van der Waals surface area (Å²) in [6.45, 7) is 0. The molecule has 2 rings (SSSR count). The molecule has 0 aliphatic heterocycles. The Morgan fingerprint density at radius 2 is 2.00 bits per heavy atom. The van der Waals surface area contributed by atoms with Gasteiger partial charge in [0.05, 0.1) is 5.03 Å². The number of benzene rings is 1. The van der Waals surface area contributed by atoms with Gasteiger partial charge in [-0.05, 0) is 29.8 Å². The molecule has 112 valence electrons. The molecule has 0 bridgehead atoms. The lowest BCUT2D eigenvalue weighted by Gasteiger charge is -2.11. The highest BCUT2D eigenvalue weighted by Crippen LogP contribution is 2.22. The maximum absolute atomic E-state index is 13.1. The fourth-order valence-electron chi connectivity index (χ4n) is 1.60. The molecule has 21 heavy (non-hydrogen) atoms. The van der Waals surface area contributed by atoms with Crippen molar-refractivity contribution in [3.8, 4) is 0 Å². The number of halogens is 1. The Morgan fingerprint density at radius 1 is 1.24 bits per heavy atom. The summed E-state index contributed by atoms with van der Waals surface area (Å²) in [5, 5.41) is 0.692. The Labute approximate surface area is 128 Å². The SMILES string of the molecule is CN(C)S(=O)(=O)c1ccc(SCc2cccc(F)c2)nc1. The summed E-state index contributed by atoms with van der Waals surface area (Å²) in [6.07, 6.45) is 1.34. The quantitative estimate of drug-likeness (QED) is 0.793. The van der Waals surface area contributed by atoms with Crippen LogP contribution >= 0.6 is 11.8 Å². The molecular formula is C14H15FN2O2S2. The van der Waals surface area contributed by atoms with E-state index in [1.54, 1.807) is 12.1 Å². The van der Waals surface area contributed by atoms with E-state index in [4.69, 9.17) is 0 Å². The minimum atomic E-state index is -3.45. The predicted molar refractivity (Wildman–Crippen MR) is 81.1 cm³/mol. The van der Waals surface area contributed by atoms with E-state index in [0.717, 1.165) is 9.87 Å². The number of sulfonamides is 1. The van der Waals surface area contributed by atoms with Gasteiger partial charge in [-0.1, -0.05) is 12.1 Å². The molecule has 1 aromatic heterocycles.